The van der Waals surface area contributed by atoms with Crippen LogP contribution in [0.25, 0.3) is 5.65 Å². The first-order valence-electron chi connectivity index (χ1n) is 8.46. The first kappa shape index (κ1) is 13.7. The highest BCUT2D eigenvalue weighted by Gasteiger charge is 2.26. The van der Waals surface area contributed by atoms with Crippen molar-refractivity contribution < 1.29 is 0 Å². The molecule has 7 nitrogen and oxygen atoms in total. The fraction of sp³-hybridized carbons (Fsp3) is 0.412. The molecule has 0 saturated heterocycles. The molecule has 0 atom stereocenters. The molecule has 0 aromatic carbocycles. The summed E-state index contributed by atoms with van der Waals surface area (Å²) < 4.78 is 1.90. The maximum atomic E-state index is 11.6. The summed E-state index contributed by atoms with van der Waals surface area (Å²) in [6, 6.07) is 1.58. The van der Waals surface area contributed by atoms with E-state index in [0.29, 0.717) is 0 Å². The predicted octanol–water partition coefficient (Wildman–Crippen LogP) is 1.85. The Hall–Kier alpha value is -2.70. The number of nitrogens with zero attached hydrogens (tertiary/aromatic N) is 5. The summed E-state index contributed by atoms with van der Waals surface area (Å²) in [6.45, 7) is 0.841. The molecule has 1 aliphatic heterocycles. The first-order chi connectivity index (χ1) is 11.8. The van der Waals surface area contributed by atoms with Gasteiger partial charge in [-0.25, -0.2) is 14.6 Å². The van der Waals surface area contributed by atoms with E-state index in [2.05, 4.69) is 26.4 Å². The normalized spacial score (nSPS) is 17.2. The molecule has 0 amide bonds. The topological polar surface area (TPSA) is 79.2 Å². The third kappa shape index (κ3) is 2.28. The maximum Gasteiger partial charge on any atom is 0.266 e. The lowest BCUT2D eigenvalue weighted by Crippen LogP contribution is -2.27. The fourth-order valence-corrected chi connectivity index (χ4v) is 3.47. The Morgan fingerprint density at radius 3 is 3.04 bits per heavy atom. The fourth-order valence-electron chi connectivity index (χ4n) is 3.47. The van der Waals surface area contributed by atoms with Crippen LogP contribution < -0.4 is 10.5 Å². The van der Waals surface area contributed by atoms with Crippen LogP contribution in [0.2, 0.25) is 0 Å². The smallest absolute Gasteiger partial charge is 0.266 e. The first-order valence-corrected chi connectivity index (χ1v) is 8.46. The Balaban J connectivity index is 1.63. The molecular formula is C17H18N6O. The molecule has 1 fully saturated rings. The van der Waals surface area contributed by atoms with Gasteiger partial charge in [-0.15, -0.1) is 0 Å². The number of aromatic amines is 1. The second kappa shape index (κ2) is 5.15. The van der Waals surface area contributed by atoms with E-state index in [-0.39, 0.29) is 5.56 Å². The Kier molecular flexibility index (Phi) is 2.95. The van der Waals surface area contributed by atoms with Crippen LogP contribution in [0.5, 0.6) is 0 Å². The highest BCUT2D eigenvalue weighted by molar-refractivity contribution is 5.66. The van der Waals surface area contributed by atoms with Crippen LogP contribution in [0.15, 0.2) is 29.5 Å². The molecule has 4 heterocycles. The van der Waals surface area contributed by atoms with Gasteiger partial charge >= 0.3 is 0 Å². The predicted molar refractivity (Wildman–Crippen MR) is 89.6 cm³/mol. The van der Waals surface area contributed by atoms with Gasteiger partial charge in [-0.2, -0.15) is 10.2 Å². The molecule has 0 unspecified atom stereocenters. The van der Waals surface area contributed by atoms with Gasteiger partial charge in [0.05, 0.1) is 18.1 Å². The largest absolute Gasteiger partial charge is 0.324 e. The minimum atomic E-state index is -0.195. The summed E-state index contributed by atoms with van der Waals surface area (Å²) >= 11 is 0. The highest BCUT2D eigenvalue weighted by Crippen LogP contribution is 2.35. The summed E-state index contributed by atoms with van der Waals surface area (Å²) in [5, 5.41) is 10.8. The molecule has 1 aliphatic carbocycles. The van der Waals surface area contributed by atoms with E-state index in [1.165, 1.54) is 18.4 Å². The van der Waals surface area contributed by atoms with Crippen molar-refractivity contribution in [3.8, 4) is 0 Å². The van der Waals surface area contributed by atoms with Crippen LogP contribution in [0.4, 0.5) is 11.5 Å². The average Bonchev–Trinajstić information content (AvgIpc) is 3.33. The lowest BCUT2D eigenvalue weighted by molar-refractivity contribution is 0.736. The second-order valence-electron chi connectivity index (χ2n) is 6.73. The summed E-state index contributed by atoms with van der Waals surface area (Å²) in [5.74, 6) is 1.72. The lowest BCUT2D eigenvalue weighted by Gasteiger charge is -2.29. The van der Waals surface area contributed by atoms with Gasteiger partial charge < -0.3 is 4.90 Å². The molecule has 7 heteroatoms. The van der Waals surface area contributed by atoms with E-state index in [4.69, 9.17) is 4.98 Å². The van der Waals surface area contributed by atoms with Gasteiger partial charge in [0.25, 0.3) is 5.56 Å². The van der Waals surface area contributed by atoms with E-state index in [1.807, 2.05) is 10.7 Å². The number of aromatic nitrogens is 5. The van der Waals surface area contributed by atoms with E-state index in [1.54, 1.807) is 12.3 Å². The highest BCUT2D eigenvalue weighted by atomic mass is 16.1. The van der Waals surface area contributed by atoms with Crippen molar-refractivity contribution in [2.45, 2.75) is 32.1 Å². The van der Waals surface area contributed by atoms with Crippen molar-refractivity contribution in [2.24, 2.45) is 5.92 Å². The second-order valence-corrected chi connectivity index (χ2v) is 6.73. The zero-order valence-corrected chi connectivity index (χ0v) is 13.3. The molecule has 3 aromatic heterocycles. The number of hydrogen-bond donors (Lipinski definition) is 1. The maximum absolute atomic E-state index is 11.6. The van der Waals surface area contributed by atoms with Gasteiger partial charge in [-0.05, 0) is 38.0 Å². The number of H-pyrrole nitrogens is 1. The summed E-state index contributed by atoms with van der Waals surface area (Å²) in [7, 11) is 0. The van der Waals surface area contributed by atoms with Crippen molar-refractivity contribution in [2.75, 3.05) is 11.4 Å². The SMILES string of the molecule is O=c1cc(N2CCCc3cn4ncc(CC5CC5)c4nc32)cn[nH]1. The minimum absolute atomic E-state index is 0.195. The van der Waals surface area contributed by atoms with Gasteiger partial charge in [0.1, 0.15) is 5.82 Å². The Morgan fingerprint density at radius 2 is 2.21 bits per heavy atom. The van der Waals surface area contributed by atoms with E-state index >= 15 is 0 Å². The van der Waals surface area contributed by atoms with Crippen LogP contribution in [-0.2, 0) is 12.8 Å². The monoisotopic (exact) mass is 322 g/mol. The molecule has 122 valence electrons. The van der Waals surface area contributed by atoms with Crippen LogP contribution in [0.1, 0.15) is 30.4 Å². The quantitative estimate of drug-likeness (QED) is 0.796. The summed E-state index contributed by atoms with van der Waals surface area (Å²) in [6.07, 6.45) is 11.4. The summed E-state index contributed by atoms with van der Waals surface area (Å²) in [4.78, 5) is 18.6. The third-order valence-corrected chi connectivity index (χ3v) is 4.87. The van der Waals surface area contributed by atoms with Crippen LogP contribution in [-0.4, -0.2) is 31.3 Å². The van der Waals surface area contributed by atoms with Crippen molar-refractivity contribution >= 4 is 17.2 Å². The van der Waals surface area contributed by atoms with Gasteiger partial charge in [0.2, 0.25) is 0 Å². The van der Waals surface area contributed by atoms with Crippen molar-refractivity contribution in [3.05, 3.63) is 46.1 Å². The number of rotatable bonds is 3. The molecule has 0 spiro atoms. The number of fused-ring (bicyclic) bond motifs is 2. The van der Waals surface area contributed by atoms with Crippen molar-refractivity contribution in [3.63, 3.8) is 0 Å². The Labute approximate surface area is 138 Å². The zero-order chi connectivity index (χ0) is 16.1. The van der Waals surface area contributed by atoms with Crippen molar-refractivity contribution in [1.29, 1.82) is 0 Å². The number of aryl methyl sites for hydroxylation is 1. The molecule has 3 aromatic rings. The van der Waals surface area contributed by atoms with Crippen LogP contribution in [0.3, 0.4) is 0 Å². The van der Waals surface area contributed by atoms with Crippen LogP contribution >= 0.6 is 0 Å². The van der Waals surface area contributed by atoms with Gasteiger partial charge in [0.15, 0.2) is 5.65 Å². The molecule has 1 N–H and O–H groups in total. The minimum Gasteiger partial charge on any atom is -0.324 e. The summed E-state index contributed by atoms with van der Waals surface area (Å²) in [5.41, 5.74) is 3.91. The number of anilines is 2. The average molecular weight is 322 g/mol. The van der Waals surface area contributed by atoms with Gasteiger partial charge in [-0.3, -0.25) is 4.79 Å². The van der Waals surface area contributed by atoms with E-state index in [0.717, 1.165) is 54.4 Å². The van der Waals surface area contributed by atoms with E-state index < -0.39 is 0 Å². The molecule has 0 bridgehead atoms. The molecule has 1 saturated carbocycles. The molecule has 2 aliphatic rings. The van der Waals surface area contributed by atoms with E-state index in [9.17, 15) is 4.79 Å². The third-order valence-electron chi connectivity index (χ3n) is 4.87. The van der Waals surface area contributed by atoms with Gasteiger partial charge in [0, 0.05) is 29.9 Å². The van der Waals surface area contributed by atoms with Crippen molar-refractivity contribution in [1.82, 2.24) is 24.8 Å². The Morgan fingerprint density at radius 1 is 1.29 bits per heavy atom. The standard InChI is InChI=1S/C17H18N6O/c24-15-7-14(9-18-21-15)22-5-1-2-12-10-23-17(20-16(12)22)13(8-19-23)6-11-3-4-11/h7-11H,1-6H2,(H,21,24). The lowest BCUT2D eigenvalue weighted by atomic mass is 10.1. The zero-order valence-electron chi connectivity index (χ0n) is 13.3. The number of hydrogen-bond acceptors (Lipinski definition) is 5. The number of nitrogens with one attached hydrogen (secondary N) is 1. The Bertz CT molecular complexity index is 971. The molecule has 0 radical (unpaired) electrons. The van der Waals surface area contributed by atoms with Crippen LogP contribution in [0, 0.1) is 5.92 Å². The van der Waals surface area contributed by atoms with Gasteiger partial charge in [-0.1, -0.05) is 0 Å². The molecule has 5 rings (SSSR count). The molecule has 24 heavy (non-hydrogen) atoms. The molecular weight excluding hydrogens is 304 g/mol.